The molecular formula is C28H18N2O4. The molecule has 4 aromatic rings. The molecule has 0 spiro atoms. The summed E-state index contributed by atoms with van der Waals surface area (Å²) in [5.41, 5.74) is 13.1. The summed E-state index contributed by atoms with van der Waals surface area (Å²) >= 11 is 0. The Morgan fingerprint density at radius 1 is 0.618 bits per heavy atom. The number of nitrogens with two attached hydrogens (primary N) is 2. The van der Waals surface area contributed by atoms with Gasteiger partial charge in [-0.2, -0.15) is 0 Å². The Labute approximate surface area is 196 Å². The molecule has 164 valence electrons. The summed E-state index contributed by atoms with van der Waals surface area (Å²) < 4.78 is 11.9. The van der Waals surface area contributed by atoms with Gasteiger partial charge in [0.2, 0.25) is 0 Å². The minimum Gasteiger partial charge on any atom is -0.506 e. The molecule has 34 heavy (non-hydrogen) atoms. The number of rotatable bonds is 4. The molecular weight excluding hydrogens is 428 g/mol. The average molecular weight is 446 g/mol. The zero-order valence-electron chi connectivity index (χ0n) is 17.8. The first-order valence-corrected chi connectivity index (χ1v) is 9.92. The number of nitrogen functional groups attached to an aromatic ring is 2. The van der Waals surface area contributed by atoms with Gasteiger partial charge in [0.25, 0.3) is 0 Å². The van der Waals surface area contributed by atoms with E-state index in [0.717, 1.165) is 0 Å². The molecule has 0 aromatic heterocycles. The van der Waals surface area contributed by atoms with Crippen LogP contribution in [0.1, 0.15) is 16.7 Å². The Bertz CT molecular complexity index is 1580. The number of phenols is 2. The van der Waals surface area contributed by atoms with Gasteiger partial charge in [0.1, 0.15) is 34.5 Å². The smallest absolute Gasteiger partial charge is 0.144 e. The summed E-state index contributed by atoms with van der Waals surface area (Å²) in [5.74, 6) is 9.23. The number of hydrogen-bond acceptors (Lipinski definition) is 6. The quantitative estimate of drug-likeness (QED) is 0.201. The van der Waals surface area contributed by atoms with E-state index < -0.39 is 0 Å². The Morgan fingerprint density at radius 2 is 1.21 bits per heavy atom. The van der Waals surface area contributed by atoms with E-state index in [0.29, 0.717) is 50.5 Å². The van der Waals surface area contributed by atoms with Crippen molar-refractivity contribution in [2.45, 2.75) is 0 Å². The van der Waals surface area contributed by atoms with Crippen molar-refractivity contribution >= 4 is 22.1 Å². The van der Waals surface area contributed by atoms with Crippen molar-refractivity contribution in [2.75, 3.05) is 11.5 Å². The van der Waals surface area contributed by atoms with E-state index >= 15 is 0 Å². The number of terminal acetylenes is 3. The molecule has 0 aliphatic carbocycles. The minimum atomic E-state index is -0.0649. The van der Waals surface area contributed by atoms with Crippen LogP contribution in [0.5, 0.6) is 34.5 Å². The maximum absolute atomic E-state index is 9.67. The summed E-state index contributed by atoms with van der Waals surface area (Å²) in [7, 11) is 0. The molecule has 0 radical (unpaired) electrons. The Kier molecular flexibility index (Phi) is 5.54. The number of ether oxygens (including phenoxy) is 2. The standard InChI is InChI=1S/C28H18N2O4/c1-4-16-11-19(33-17-7-9-26(31)24(29)13-17)12-23-20(5-2)21(6-3)28(15-22(16)23)34-18-8-10-27(32)25(30)14-18/h1-3,7-15,31-32H,29-30H2. The Hall–Kier alpha value is -5.38. The molecule has 6 heteroatoms. The number of phenolic OH excluding ortho intramolecular Hbond substituents is 2. The molecule has 0 saturated heterocycles. The summed E-state index contributed by atoms with van der Waals surface area (Å²) in [6.45, 7) is 0. The monoisotopic (exact) mass is 446 g/mol. The molecule has 0 fully saturated rings. The molecule has 6 nitrogen and oxygen atoms in total. The number of anilines is 2. The van der Waals surface area contributed by atoms with Gasteiger partial charge in [-0.05, 0) is 42.5 Å². The van der Waals surface area contributed by atoms with Crippen molar-refractivity contribution in [1.29, 1.82) is 0 Å². The maximum Gasteiger partial charge on any atom is 0.144 e. The molecule has 0 heterocycles. The van der Waals surface area contributed by atoms with E-state index in [1.807, 2.05) is 0 Å². The van der Waals surface area contributed by atoms with Crippen LogP contribution in [-0.4, -0.2) is 10.2 Å². The number of fused-ring (bicyclic) bond motifs is 1. The van der Waals surface area contributed by atoms with Gasteiger partial charge in [0.05, 0.1) is 22.5 Å². The predicted molar refractivity (Wildman–Crippen MR) is 133 cm³/mol. The second-order valence-corrected chi connectivity index (χ2v) is 7.27. The SMILES string of the molecule is C#Cc1c(Oc2ccc(O)c(N)c2)cc2c(C#C)cc(Oc3ccc(O)c(N)c3)cc2c1C#C. The molecule has 0 saturated carbocycles. The maximum atomic E-state index is 9.67. The highest BCUT2D eigenvalue weighted by molar-refractivity contribution is 5.97. The third kappa shape index (κ3) is 3.94. The highest BCUT2D eigenvalue weighted by Crippen LogP contribution is 2.39. The first kappa shape index (κ1) is 21.8. The fourth-order valence-corrected chi connectivity index (χ4v) is 3.46. The molecule has 4 aromatic carbocycles. The van der Waals surface area contributed by atoms with Crippen LogP contribution in [0.25, 0.3) is 10.8 Å². The van der Waals surface area contributed by atoms with Crippen molar-refractivity contribution < 1.29 is 19.7 Å². The van der Waals surface area contributed by atoms with Crippen LogP contribution < -0.4 is 20.9 Å². The molecule has 0 bridgehead atoms. The van der Waals surface area contributed by atoms with E-state index in [1.165, 1.54) is 24.3 Å². The van der Waals surface area contributed by atoms with Crippen LogP contribution in [0, 0.1) is 37.0 Å². The van der Waals surface area contributed by atoms with Crippen LogP contribution >= 0.6 is 0 Å². The van der Waals surface area contributed by atoms with Crippen LogP contribution in [0.15, 0.2) is 54.6 Å². The zero-order valence-corrected chi connectivity index (χ0v) is 17.8. The molecule has 0 aliphatic rings. The Balaban J connectivity index is 1.87. The summed E-state index contributed by atoms with van der Waals surface area (Å²) in [5, 5.41) is 20.5. The van der Waals surface area contributed by atoms with Gasteiger partial charge in [-0.25, -0.2) is 0 Å². The van der Waals surface area contributed by atoms with E-state index in [9.17, 15) is 10.2 Å². The van der Waals surface area contributed by atoms with Crippen LogP contribution in [-0.2, 0) is 0 Å². The van der Waals surface area contributed by atoms with Gasteiger partial charge in [0, 0.05) is 28.5 Å². The van der Waals surface area contributed by atoms with Crippen molar-refractivity contribution in [2.24, 2.45) is 0 Å². The lowest BCUT2D eigenvalue weighted by Crippen LogP contribution is -1.97. The largest absolute Gasteiger partial charge is 0.506 e. The molecule has 4 rings (SSSR count). The fourth-order valence-electron chi connectivity index (χ4n) is 3.46. The molecule has 6 N–H and O–H groups in total. The first-order valence-electron chi connectivity index (χ1n) is 9.92. The third-order valence-corrected chi connectivity index (χ3v) is 5.10. The normalized spacial score (nSPS) is 10.1. The molecule has 0 amide bonds. The van der Waals surface area contributed by atoms with Gasteiger partial charge >= 0.3 is 0 Å². The van der Waals surface area contributed by atoms with Crippen molar-refractivity contribution in [3.63, 3.8) is 0 Å². The highest BCUT2D eigenvalue weighted by atomic mass is 16.5. The van der Waals surface area contributed by atoms with Crippen LogP contribution in [0.4, 0.5) is 11.4 Å². The number of hydrogen-bond donors (Lipinski definition) is 4. The number of benzene rings is 4. The van der Waals surface area contributed by atoms with Gasteiger partial charge in [-0.1, -0.05) is 17.8 Å². The van der Waals surface area contributed by atoms with Crippen molar-refractivity contribution in [1.82, 2.24) is 0 Å². The number of aromatic hydroxyl groups is 2. The van der Waals surface area contributed by atoms with E-state index in [4.69, 9.17) is 40.2 Å². The molecule has 0 atom stereocenters. The highest BCUT2D eigenvalue weighted by Gasteiger charge is 2.17. The first-order chi connectivity index (χ1) is 16.3. The lowest BCUT2D eigenvalue weighted by Gasteiger charge is -2.15. The van der Waals surface area contributed by atoms with Gasteiger partial charge in [0.15, 0.2) is 0 Å². The summed E-state index contributed by atoms with van der Waals surface area (Å²) in [4.78, 5) is 0. The van der Waals surface area contributed by atoms with E-state index in [-0.39, 0.29) is 22.9 Å². The predicted octanol–water partition coefficient (Wildman–Crippen LogP) is 4.94. The lowest BCUT2D eigenvalue weighted by atomic mass is 9.95. The molecule has 0 aliphatic heterocycles. The van der Waals surface area contributed by atoms with Gasteiger partial charge in [-0.15, -0.1) is 19.3 Å². The summed E-state index contributed by atoms with van der Waals surface area (Å²) in [6.07, 6.45) is 17.4. The van der Waals surface area contributed by atoms with Crippen molar-refractivity contribution in [3.05, 3.63) is 71.3 Å². The fraction of sp³-hybridized carbons (Fsp3) is 0. The van der Waals surface area contributed by atoms with Gasteiger partial charge in [-0.3, -0.25) is 0 Å². The van der Waals surface area contributed by atoms with Crippen LogP contribution in [0.3, 0.4) is 0 Å². The minimum absolute atomic E-state index is 0.0497. The van der Waals surface area contributed by atoms with Crippen LogP contribution in [0.2, 0.25) is 0 Å². The van der Waals surface area contributed by atoms with E-state index in [2.05, 4.69) is 17.8 Å². The second-order valence-electron chi connectivity index (χ2n) is 7.27. The summed E-state index contributed by atoms with van der Waals surface area (Å²) in [6, 6.07) is 14.0. The van der Waals surface area contributed by atoms with E-state index in [1.54, 1.807) is 30.3 Å². The Morgan fingerprint density at radius 3 is 1.74 bits per heavy atom. The lowest BCUT2D eigenvalue weighted by molar-refractivity contribution is 0.466. The molecule has 0 unspecified atom stereocenters. The zero-order chi connectivity index (χ0) is 24.4. The van der Waals surface area contributed by atoms with Gasteiger partial charge < -0.3 is 31.2 Å². The second kappa shape index (κ2) is 8.63. The van der Waals surface area contributed by atoms with Crippen molar-refractivity contribution in [3.8, 4) is 71.5 Å². The average Bonchev–Trinajstić information content (AvgIpc) is 2.82. The topological polar surface area (TPSA) is 111 Å². The third-order valence-electron chi connectivity index (χ3n) is 5.10.